The van der Waals surface area contributed by atoms with E-state index in [0.717, 1.165) is 23.3 Å². The third-order valence-corrected chi connectivity index (χ3v) is 7.43. The number of carbonyl (C=O) groups is 3. The molecule has 1 saturated heterocycles. The van der Waals surface area contributed by atoms with E-state index in [1.807, 2.05) is 47.4 Å². The number of amides is 3. The third-order valence-electron chi connectivity index (χ3n) is 7.43. The van der Waals surface area contributed by atoms with Gasteiger partial charge in [-0.25, -0.2) is 4.79 Å². The minimum absolute atomic E-state index is 0.0578. The number of carboxylic acid groups (broad SMARTS) is 1. The molecule has 4 rings (SSSR count). The molecule has 2 aliphatic heterocycles. The van der Waals surface area contributed by atoms with Gasteiger partial charge in [-0.05, 0) is 70.1 Å². The Bertz CT molecular complexity index is 1140. The van der Waals surface area contributed by atoms with Crippen LogP contribution in [0.15, 0.2) is 66.7 Å². The summed E-state index contributed by atoms with van der Waals surface area (Å²) in [5.41, 5.74) is 2.86. The van der Waals surface area contributed by atoms with Gasteiger partial charge in [-0.3, -0.25) is 14.5 Å². The maximum atomic E-state index is 13.3. The highest BCUT2D eigenvalue weighted by molar-refractivity contribution is 5.90. The van der Waals surface area contributed by atoms with Gasteiger partial charge in [-0.15, -0.1) is 0 Å². The van der Waals surface area contributed by atoms with Crippen LogP contribution in [0, 0.1) is 0 Å². The fourth-order valence-electron chi connectivity index (χ4n) is 5.77. The van der Waals surface area contributed by atoms with Crippen molar-refractivity contribution in [2.45, 2.75) is 83.1 Å². The molecular weight excluding hydrogens is 466 g/mol. The van der Waals surface area contributed by atoms with Crippen LogP contribution in [0.4, 0.5) is 4.79 Å². The normalized spacial score (nSPS) is 19.9. The van der Waals surface area contributed by atoms with E-state index in [0.29, 0.717) is 12.8 Å². The number of rotatable bonds is 8. The minimum atomic E-state index is -1.15. The predicted octanol–water partition coefficient (Wildman–Crippen LogP) is 5.25. The Morgan fingerprint density at radius 2 is 1.59 bits per heavy atom. The maximum Gasteiger partial charge on any atom is 0.408 e. The summed E-state index contributed by atoms with van der Waals surface area (Å²) < 4.78 is 0. The van der Waals surface area contributed by atoms with Crippen molar-refractivity contribution in [3.8, 4) is 0 Å². The summed E-state index contributed by atoms with van der Waals surface area (Å²) in [7, 11) is 0. The van der Waals surface area contributed by atoms with Gasteiger partial charge < -0.3 is 15.3 Å². The second-order valence-corrected chi connectivity index (χ2v) is 11.0. The number of nitrogens with one attached hydrogen (secondary N) is 1. The van der Waals surface area contributed by atoms with Crippen LogP contribution in [0.3, 0.4) is 0 Å². The summed E-state index contributed by atoms with van der Waals surface area (Å²) >= 11 is 0. The van der Waals surface area contributed by atoms with Gasteiger partial charge in [0.1, 0.15) is 6.04 Å². The van der Waals surface area contributed by atoms with Crippen molar-refractivity contribution in [3.05, 3.63) is 83.4 Å². The molecule has 2 heterocycles. The van der Waals surface area contributed by atoms with E-state index in [-0.39, 0.29) is 23.9 Å². The molecule has 0 unspecified atom stereocenters. The molecule has 4 atom stereocenters. The number of fused-ring (bicyclic) bond motifs is 5. The van der Waals surface area contributed by atoms with Crippen LogP contribution in [0.2, 0.25) is 0 Å². The van der Waals surface area contributed by atoms with Crippen LogP contribution < -0.4 is 5.32 Å². The number of aryl methyl sites for hydroxylation is 1. The lowest BCUT2D eigenvalue weighted by atomic mass is 9.92. The zero-order valence-electron chi connectivity index (χ0n) is 22.1. The molecule has 37 heavy (non-hydrogen) atoms. The van der Waals surface area contributed by atoms with Crippen molar-refractivity contribution in [2.75, 3.05) is 0 Å². The highest BCUT2D eigenvalue weighted by Crippen LogP contribution is 2.52. The predicted molar refractivity (Wildman–Crippen MR) is 143 cm³/mol. The molecule has 7 heteroatoms. The van der Waals surface area contributed by atoms with Gasteiger partial charge in [-0.1, -0.05) is 60.7 Å². The van der Waals surface area contributed by atoms with E-state index < -0.39 is 23.7 Å². The molecule has 2 N–H and O–H groups in total. The molecule has 2 aliphatic rings. The Morgan fingerprint density at radius 3 is 2.14 bits per heavy atom. The molecule has 2 aromatic carbocycles. The standard InChI is InChI=1S/C30H37N3O4/c1-20(33(29(36)37)30(2,3)4)28(35)31-22(15-14-21-10-6-5-7-11-21)16-19-27(34)32-25-17-18-26(32)24-13-9-8-12-23(24)25/h5-13,16,19-20,22,25-26H,14-15,17-18H2,1-4H3,(H,31,35)(H,36,37)/t20-,22-,25-,26+/m0/s1. The SMILES string of the molecule is C[C@@H](C(=O)N[C@H](C=CC(=O)N1[C@@H]2CC[C@H]1c1ccccc12)CCc1ccccc1)N(C(=O)O)C(C)(C)C. The highest BCUT2D eigenvalue weighted by atomic mass is 16.4. The first-order valence-corrected chi connectivity index (χ1v) is 13.0. The van der Waals surface area contributed by atoms with E-state index >= 15 is 0 Å². The van der Waals surface area contributed by atoms with Gasteiger partial charge in [0.25, 0.3) is 0 Å². The van der Waals surface area contributed by atoms with E-state index in [9.17, 15) is 19.5 Å². The molecule has 7 nitrogen and oxygen atoms in total. The van der Waals surface area contributed by atoms with E-state index in [1.54, 1.807) is 39.8 Å². The molecule has 1 fully saturated rings. The zero-order chi connectivity index (χ0) is 26.7. The molecule has 2 bridgehead atoms. The average molecular weight is 504 g/mol. The van der Waals surface area contributed by atoms with Crippen LogP contribution in [0.5, 0.6) is 0 Å². The fourth-order valence-corrected chi connectivity index (χ4v) is 5.77. The summed E-state index contributed by atoms with van der Waals surface area (Å²) in [5.74, 6) is -0.446. The summed E-state index contributed by atoms with van der Waals surface area (Å²) in [5, 5.41) is 12.7. The van der Waals surface area contributed by atoms with Crippen molar-refractivity contribution in [2.24, 2.45) is 0 Å². The summed E-state index contributed by atoms with van der Waals surface area (Å²) in [6, 6.07) is 17.1. The molecule has 0 saturated carbocycles. The summed E-state index contributed by atoms with van der Waals surface area (Å²) in [6.07, 6.45) is 5.42. The van der Waals surface area contributed by atoms with Crippen LogP contribution in [-0.4, -0.2) is 50.4 Å². The number of carbonyl (C=O) groups excluding carboxylic acids is 2. The molecular formula is C30H37N3O4. The number of hydrogen-bond donors (Lipinski definition) is 2. The summed E-state index contributed by atoms with van der Waals surface area (Å²) in [6.45, 7) is 6.88. The van der Waals surface area contributed by atoms with Crippen molar-refractivity contribution in [1.29, 1.82) is 0 Å². The average Bonchev–Trinajstić information content (AvgIpc) is 3.42. The van der Waals surface area contributed by atoms with Crippen LogP contribution in [-0.2, 0) is 16.0 Å². The second-order valence-electron chi connectivity index (χ2n) is 11.0. The molecule has 0 aromatic heterocycles. The number of hydrogen-bond acceptors (Lipinski definition) is 3. The highest BCUT2D eigenvalue weighted by Gasteiger charge is 2.45. The van der Waals surface area contributed by atoms with E-state index in [1.165, 1.54) is 11.1 Å². The molecule has 3 amide bonds. The minimum Gasteiger partial charge on any atom is -0.465 e. The molecule has 2 aromatic rings. The lowest BCUT2D eigenvalue weighted by molar-refractivity contribution is -0.129. The van der Waals surface area contributed by atoms with Crippen molar-refractivity contribution in [1.82, 2.24) is 15.1 Å². The Kier molecular flexibility index (Phi) is 7.71. The van der Waals surface area contributed by atoms with Gasteiger partial charge in [-0.2, -0.15) is 0 Å². The topological polar surface area (TPSA) is 90.0 Å². The zero-order valence-corrected chi connectivity index (χ0v) is 22.1. The van der Waals surface area contributed by atoms with E-state index in [2.05, 4.69) is 17.4 Å². The number of benzene rings is 2. The lowest BCUT2D eigenvalue weighted by Gasteiger charge is -2.37. The maximum absolute atomic E-state index is 13.3. The van der Waals surface area contributed by atoms with Crippen molar-refractivity contribution in [3.63, 3.8) is 0 Å². The van der Waals surface area contributed by atoms with Crippen LogP contribution in [0.1, 0.15) is 75.7 Å². The largest absolute Gasteiger partial charge is 0.465 e. The van der Waals surface area contributed by atoms with Crippen LogP contribution in [0.25, 0.3) is 0 Å². The molecule has 0 radical (unpaired) electrons. The summed E-state index contributed by atoms with van der Waals surface area (Å²) in [4.78, 5) is 41.5. The first-order valence-electron chi connectivity index (χ1n) is 13.0. The Balaban J connectivity index is 1.49. The van der Waals surface area contributed by atoms with Crippen molar-refractivity contribution >= 4 is 17.9 Å². The van der Waals surface area contributed by atoms with Gasteiger partial charge in [0, 0.05) is 17.7 Å². The smallest absolute Gasteiger partial charge is 0.408 e. The quantitative estimate of drug-likeness (QED) is 0.482. The van der Waals surface area contributed by atoms with Crippen molar-refractivity contribution < 1.29 is 19.5 Å². The van der Waals surface area contributed by atoms with E-state index in [4.69, 9.17) is 0 Å². The van der Waals surface area contributed by atoms with Gasteiger partial charge in [0.05, 0.1) is 12.1 Å². The first kappa shape index (κ1) is 26.5. The lowest BCUT2D eigenvalue weighted by Crippen LogP contribution is -2.56. The monoisotopic (exact) mass is 503 g/mol. The van der Waals surface area contributed by atoms with Gasteiger partial charge in [0.2, 0.25) is 11.8 Å². The van der Waals surface area contributed by atoms with Gasteiger partial charge in [0.15, 0.2) is 0 Å². The fraction of sp³-hybridized carbons (Fsp3) is 0.433. The third kappa shape index (κ3) is 5.71. The Morgan fingerprint density at radius 1 is 1.03 bits per heavy atom. The molecule has 0 spiro atoms. The molecule has 0 aliphatic carbocycles. The Hall–Kier alpha value is -3.61. The van der Waals surface area contributed by atoms with Gasteiger partial charge >= 0.3 is 6.09 Å². The Labute approximate surface area is 219 Å². The second kappa shape index (κ2) is 10.8. The van der Waals surface area contributed by atoms with Crippen LogP contribution >= 0.6 is 0 Å². The first-order chi connectivity index (χ1) is 17.6. The number of nitrogens with zero attached hydrogens (tertiary/aromatic N) is 2. The molecule has 196 valence electrons.